The van der Waals surface area contributed by atoms with E-state index in [9.17, 15) is 9.59 Å². The molecule has 0 aromatic carbocycles. The van der Waals surface area contributed by atoms with Gasteiger partial charge in [-0.05, 0) is 37.8 Å². The van der Waals surface area contributed by atoms with Crippen LogP contribution in [0.5, 0.6) is 0 Å². The lowest BCUT2D eigenvalue weighted by Gasteiger charge is -2.24. The Hall–Kier alpha value is -2.11. The molecule has 0 saturated heterocycles. The third kappa shape index (κ3) is 2.21. The Bertz CT molecular complexity index is 699. The predicted octanol–water partition coefficient (Wildman–Crippen LogP) is 0.753. The molecule has 1 aliphatic rings. The number of rotatable bonds is 4. The maximum absolute atomic E-state index is 12.2. The normalized spacial score (nSPS) is 16.3. The van der Waals surface area contributed by atoms with Gasteiger partial charge >= 0.3 is 5.69 Å². The minimum absolute atomic E-state index is 0.00588. The van der Waals surface area contributed by atoms with E-state index >= 15 is 0 Å². The van der Waals surface area contributed by atoms with Gasteiger partial charge in [0.1, 0.15) is 6.54 Å². The van der Waals surface area contributed by atoms with Crippen LogP contribution in [0.2, 0.25) is 0 Å². The second-order valence-corrected chi connectivity index (χ2v) is 5.45. The molecule has 1 fully saturated rings. The van der Waals surface area contributed by atoms with Gasteiger partial charge in [-0.25, -0.2) is 9.48 Å². The van der Waals surface area contributed by atoms with Gasteiger partial charge in [0, 0.05) is 19.3 Å². The molecule has 1 atom stereocenters. The van der Waals surface area contributed by atoms with Crippen LogP contribution in [0.1, 0.15) is 19.8 Å². The highest BCUT2D eigenvalue weighted by Gasteiger charge is 2.32. The summed E-state index contributed by atoms with van der Waals surface area (Å²) in [6.07, 6.45) is 4.03. The van der Waals surface area contributed by atoms with Gasteiger partial charge in [-0.2, -0.15) is 0 Å². The van der Waals surface area contributed by atoms with Crippen LogP contribution in [0, 0.1) is 5.92 Å². The van der Waals surface area contributed by atoms with Crippen LogP contribution in [0.15, 0.2) is 29.2 Å². The highest BCUT2D eigenvalue weighted by Crippen LogP contribution is 2.34. The van der Waals surface area contributed by atoms with E-state index in [0.29, 0.717) is 11.6 Å². The van der Waals surface area contributed by atoms with Gasteiger partial charge in [0.05, 0.1) is 0 Å². The fraction of sp³-hybridized carbons (Fsp3) is 0.500. The van der Waals surface area contributed by atoms with E-state index in [2.05, 4.69) is 12.0 Å². The van der Waals surface area contributed by atoms with Crippen LogP contribution in [-0.4, -0.2) is 38.1 Å². The van der Waals surface area contributed by atoms with E-state index in [1.54, 1.807) is 30.3 Å². The summed E-state index contributed by atoms with van der Waals surface area (Å²) in [4.78, 5) is 26.1. The fourth-order valence-corrected chi connectivity index (χ4v) is 2.43. The van der Waals surface area contributed by atoms with Crippen LogP contribution in [-0.2, 0) is 11.3 Å². The largest absolute Gasteiger partial charge is 0.350 e. The SMILES string of the molecule is CC(C1CC1)N(C)C(=O)Cn1nc2ccccn2c1=O. The molecule has 106 valence electrons. The Labute approximate surface area is 116 Å². The number of likely N-dealkylation sites (N-methyl/N-ethyl adjacent to an activating group) is 1. The number of amides is 1. The lowest BCUT2D eigenvalue weighted by molar-refractivity contribution is -0.132. The number of hydrogen-bond donors (Lipinski definition) is 0. The lowest BCUT2D eigenvalue weighted by Crippen LogP contribution is -2.40. The number of fused-ring (bicyclic) bond motifs is 1. The molecule has 0 N–H and O–H groups in total. The number of aromatic nitrogens is 3. The molecular weight excluding hydrogens is 256 g/mol. The molecule has 2 heterocycles. The zero-order valence-corrected chi connectivity index (χ0v) is 11.7. The van der Waals surface area contributed by atoms with E-state index in [1.807, 2.05) is 6.07 Å². The summed E-state index contributed by atoms with van der Waals surface area (Å²) in [6.45, 7) is 2.05. The van der Waals surface area contributed by atoms with Crippen molar-refractivity contribution >= 4 is 11.6 Å². The highest BCUT2D eigenvalue weighted by molar-refractivity contribution is 5.76. The summed E-state index contributed by atoms with van der Waals surface area (Å²) in [5.41, 5.74) is 0.282. The van der Waals surface area contributed by atoms with Crippen molar-refractivity contribution in [3.8, 4) is 0 Å². The predicted molar refractivity (Wildman–Crippen MR) is 74.4 cm³/mol. The van der Waals surface area contributed by atoms with E-state index < -0.39 is 0 Å². The van der Waals surface area contributed by atoms with Gasteiger partial charge in [0.2, 0.25) is 5.91 Å². The summed E-state index contributed by atoms with van der Waals surface area (Å²) in [7, 11) is 1.80. The van der Waals surface area contributed by atoms with Gasteiger partial charge in [0.25, 0.3) is 0 Å². The Morgan fingerprint density at radius 3 is 2.90 bits per heavy atom. The first-order chi connectivity index (χ1) is 9.58. The summed E-state index contributed by atoms with van der Waals surface area (Å²) in [5, 5.41) is 4.17. The van der Waals surface area contributed by atoms with Crippen molar-refractivity contribution in [3.05, 3.63) is 34.9 Å². The molecule has 6 nitrogen and oxygen atoms in total. The van der Waals surface area contributed by atoms with Gasteiger partial charge in [-0.3, -0.25) is 9.20 Å². The highest BCUT2D eigenvalue weighted by atomic mass is 16.2. The monoisotopic (exact) mass is 274 g/mol. The summed E-state index contributed by atoms with van der Waals surface area (Å²) >= 11 is 0. The maximum atomic E-state index is 12.2. The zero-order chi connectivity index (χ0) is 14.3. The third-order valence-electron chi connectivity index (χ3n) is 4.08. The second-order valence-electron chi connectivity index (χ2n) is 5.45. The van der Waals surface area contributed by atoms with Gasteiger partial charge < -0.3 is 4.90 Å². The van der Waals surface area contributed by atoms with E-state index in [-0.39, 0.29) is 24.2 Å². The Morgan fingerprint density at radius 1 is 1.50 bits per heavy atom. The molecule has 6 heteroatoms. The molecule has 2 aromatic rings. The molecule has 0 aliphatic heterocycles. The molecule has 1 saturated carbocycles. The van der Waals surface area contributed by atoms with Crippen molar-refractivity contribution in [1.82, 2.24) is 19.1 Å². The van der Waals surface area contributed by atoms with Crippen molar-refractivity contribution < 1.29 is 4.79 Å². The van der Waals surface area contributed by atoms with Gasteiger partial charge in [-0.1, -0.05) is 6.07 Å². The van der Waals surface area contributed by atoms with E-state index in [4.69, 9.17) is 0 Å². The number of nitrogens with zero attached hydrogens (tertiary/aromatic N) is 4. The minimum atomic E-state index is -0.276. The van der Waals surface area contributed by atoms with Crippen LogP contribution < -0.4 is 5.69 Å². The molecule has 0 spiro atoms. The molecule has 0 radical (unpaired) electrons. The summed E-state index contributed by atoms with van der Waals surface area (Å²) < 4.78 is 2.67. The molecule has 20 heavy (non-hydrogen) atoms. The average Bonchev–Trinajstić information content (AvgIpc) is 3.25. The van der Waals surface area contributed by atoms with E-state index in [0.717, 1.165) is 0 Å². The molecular formula is C14H18N4O2. The first-order valence-corrected chi connectivity index (χ1v) is 6.88. The smallest absolute Gasteiger partial charge is 0.341 e. The lowest BCUT2D eigenvalue weighted by atomic mass is 10.2. The van der Waals surface area contributed by atoms with Crippen LogP contribution >= 0.6 is 0 Å². The van der Waals surface area contributed by atoms with Gasteiger partial charge in [0.15, 0.2) is 5.65 Å². The zero-order valence-electron chi connectivity index (χ0n) is 11.7. The number of hydrogen-bond acceptors (Lipinski definition) is 3. The summed E-state index contributed by atoms with van der Waals surface area (Å²) in [5.74, 6) is 0.539. The maximum Gasteiger partial charge on any atom is 0.350 e. The topological polar surface area (TPSA) is 59.6 Å². The van der Waals surface area contributed by atoms with Gasteiger partial charge in [-0.15, -0.1) is 5.10 Å². The van der Waals surface area contributed by atoms with Crippen molar-refractivity contribution in [1.29, 1.82) is 0 Å². The van der Waals surface area contributed by atoms with Crippen molar-refractivity contribution in [2.24, 2.45) is 5.92 Å². The molecule has 1 unspecified atom stereocenters. The number of carbonyl (C=O) groups excluding carboxylic acids is 1. The second kappa shape index (κ2) is 4.77. The first-order valence-electron chi connectivity index (χ1n) is 6.88. The standard InChI is InChI=1S/C14H18N4O2/c1-10(11-6-7-11)16(2)13(19)9-18-14(20)17-8-4-3-5-12(17)15-18/h3-5,8,10-11H,6-7,9H2,1-2H3. The van der Waals surface area contributed by atoms with Crippen molar-refractivity contribution in [2.45, 2.75) is 32.4 Å². The minimum Gasteiger partial charge on any atom is -0.341 e. The van der Waals surface area contributed by atoms with Crippen LogP contribution in [0.4, 0.5) is 0 Å². The Morgan fingerprint density at radius 2 is 2.25 bits per heavy atom. The average molecular weight is 274 g/mol. The first kappa shape index (κ1) is 12.9. The Balaban J connectivity index is 1.80. The molecule has 3 rings (SSSR count). The molecule has 1 aliphatic carbocycles. The Kier molecular flexibility index (Phi) is 3.08. The van der Waals surface area contributed by atoms with Crippen molar-refractivity contribution in [3.63, 3.8) is 0 Å². The molecule has 0 bridgehead atoms. The van der Waals surface area contributed by atoms with Crippen molar-refractivity contribution in [2.75, 3.05) is 7.05 Å². The van der Waals surface area contributed by atoms with E-state index in [1.165, 1.54) is 21.9 Å². The molecule has 1 amide bonds. The van der Waals surface area contributed by atoms with Crippen LogP contribution in [0.25, 0.3) is 5.65 Å². The molecule has 2 aromatic heterocycles. The number of carbonyl (C=O) groups is 1. The third-order valence-corrected chi connectivity index (χ3v) is 4.08. The summed E-state index contributed by atoms with van der Waals surface area (Å²) in [6, 6.07) is 5.56. The number of pyridine rings is 1. The quantitative estimate of drug-likeness (QED) is 0.826. The fourth-order valence-electron chi connectivity index (χ4n) is 2.43. The van der Waals surface area contributed by atoms with Crippen LogP contribution in [0.3, 0.4) is 0 Å².